The quantitative estimate of drug-likeness (QED) is 0.654. The van der Waals surface area contributed by atoms with Gasteiger partial charge in [-0.3, -0.25) is 0 Å². The van der Waals surface area contributed by atoms with Gasteiger partial charge in [-0.15, -0.1) is 0 Å². The largest absolute Gasteiger partial charge is 0.319 e. The van der Waals surface area contributed by atoms with Crippen LogP contribution in [0.2, 0.25) is 0 Å². The molecule has 0 aromatic carbocycles. The molecule has 15 heavy (non-hydrogen) atoms. The molecular weight excluding hydrogens is 212 g/mol. The van der Waals surface area contributed by atoms with Crippen LogP contribution < -0.4 is 5.32 Å². The molecule has 4 nitrogen and oxygen atoms in total. The first-order valence-corrected chi connectivity index (χ1v) is 7.42. The van der Waals surface area contributed by atoms with Crippen molar-refractivity contribution in [2.75, 3.05) is 45.7 Å². The molecule has 0 spiro atoms. The van der Waals surface area contributed by atoms with Gasteiger partial charge in [-0.05, 0) is 39.5 Å². The van der Waals surface area contributed by atoms with E-state index in [1.54, 1.807) is 0 Å². The summed E-state index contributed by atoms with van der Waals surface area (Å²) in [6.45, 7) is 5.03. The summed E-state index contributed by atoms with van der Waals surface area (Å²) in [4.78, 5) is 2.19. The molecule has 0 aliphatic carbocycles. The normalized spacial score (nSPS) is 14.5. The second-order valence-electron chi connectivity index (χ2n) is 4.41. The van der Waals surface area contributed by atoms with Crippen molar-refractivity contribution in [1.82, 2.24) is 10.2 Å². The van der Waals surface area contributed by atoms with Crippen LogP contribution in [0.25, 0.3) is 0 Å². The third kappa shape index (κ3) is 10.2. The zero-order valence-corrected chi connectivity index (χ0v) is 11.1. The molecule has 0 rings (SSSR count). The van der Waals surface area contributed by atoms with Gasteiger partial charge in [0.15, 0.2) is 0 Å². The Morgan fingerprint density at radius 2 is 2.00 bits per heavy atom. The SMILES string of the molecule is CNCC(C)CN(C)CCCS(C)(=O)=O. The Kier molecular flexibility index (Phi) is 7.13. The molecule has 0 aromatic rings. The lowest BCUT2D eigenvalue weighted by Crippen LogP contribution is -2.31. The maximum absolute atomic E-state index is 10.9. The molecule has 0 amide bonds. The minimum Gasteiger partial charge on any atom is -0.319 e. The predicted octanol–water partition coefficient (Wildman–Crippen LogP) is 0.208. The van der Waals surface area contributed by atoms with E-state index in [0.29, 0.717) is 5.92 Å². The van der Waals surface area contributed by atoms with Crippen LogP contribution in [0.15, 0.2) is 0 Å². The van der Waals surface area contributed by atoms with Crippen molar-refractivity contribution in [3.05, 3.63) is 0 Å². The Morgan fingerprint density at radius 3 is 2.47 bits per heavy atom. The van der Waals surface area contributed by atoms with Gasteiger partial charge in [-0.1, -0.05) is 6.92 Å². The fraction of sp³-hybridized carbons (Fsp3) is 1.00. The summed E-state index contributed by atoms with van der Waals surface area (Å²) in [7, 11) is 1.18. The molecule has 5 heteroatoms. The van der Waals surface area contributed by atoms with E-state index in [2.05, 4.69) is 17.1 Å². The highest BCUT2D eigenvalue weighted by molar-refractivity contribution is 7.90. The van der Waals surface area contributed by atoms with E-state index in [1.165, 1.54) is 6.26 Å². The molecule has 1 N–H and O–H groups in total. The fourth-order valence-corrected chi connectivity index (χ4v) is 2.29. The van der Waals surface area contributed by atoms with E-state index in [1.807, 2.05) is 14.1 Å². The molecule has 0 heterocycles. The van der Waals surface area contributed by atoms with E-state index in [9.17, 15) is 8.42 Å². The summed E-state index contributed by atoms with van der Waals surface area (Å²) >= 11 is 0. The van der Waals surface area contributed by atoms with Gasteiger partial charge < -0.3 is 10.2 Å². The van der Waals surface area contributed by atoms with Crippen LogP contribution in [-0.4, -0.2) is 59.1 Å². The molecular formula is C10H24N2O2S. The molecule has 92 valence electrons. The summed E-state index contributed by atoms with van der Waals surface area (Å²) in [6, 6.07) is 0. The number of hydrogen-bond donors (Lipinski definition) is 1. The Bertz CT molecular complexity index is 252. The lowest BCUT2D eigenvalue weighted by atomic mass is 10.1. The third-order valence-corrected chi connectivity index (χ3v) is 3.26. The number of nitrogens with zero attached hydrogens (tertiary/aromatic N) is 1. The Morgan fingerprint density at radius 1 is 1.40 bits per heavy atom. The summed E-state index contributed by atoms with van der Waals surface area (Å²) in [5.74, 6) is 0.885. The molecule has 1 atom stereocenters. The first-order valence-electron chi connectivity index (χ1n) is 5.36. The van der Waals surface area contributed by atoms with Crippen LogP contribution >= 0.6 is 0 Å². The van der Waals surface area contributed by atoms with Gasteiger partial charge in [0, 0.05) is 12.8 Å². The minimum absolute atomic E-state index is 0.289. The van der Waals surface area contributed by atoms with Gasteiger partial charge in [0.1, 0.15) is 9.84 Å². The summed E-state index contributed by atoms with van der Waals surface area (Å²) in [5, 5.41) is 3.13. The van der Waals surface area contributed by atoms with Crippen molar-refractivity contribution in [1.29, 1.82) is 0 Å². The lowest BCUT2D eigenvalue weighted by molar-refractivity contribution is 0.284. The second-order valence-corrected chi connectivity index (χ2v) is 6.67. The Balaban J connectivity index is 3.61. The van der Waals surface area contributed by atoms with Gasteiger partial charge in [-0.2, -0.15) is 0 Å². The van der Waals surface area contributed by atoms with Gasteiger partial charge in [0.05, 0.1) is 5.75 Å². The van der Waals surface area contributed by atoms with Gasteiger partial charge in [0.25, 0.3) is 0 Å². The fourth-order valence-electron chi connectivity index (χ4n) is 1.63. The molecule has 0 fully saturated rings. The van der Waals surface area contributed by atoms with Crippen molar-refractivity contribution < 1.29 is 8.42 Å². The van der Waals surface area contributed by atoms with E-state index in [4.69, 9.17) is 0 Å². The molecule has 0 aromatic heterocycles. The minimum atomic E-state index is -2.80. The highest BCUT2D eigenvalue weighted by Gasteiger charge is 2.07. The summed E-state index contributed by atoms with van der Waals surface area (Å²) in [5.41, 5.74) is 0. The zero-order valence-electron chi connectivity index (χ0n) is 10.3. The average molecular weight is 236 g/mol. The summed E-state index contributed by atoms with van der Waals surface area (Å²) < 4.78 is 21.8. The lowest BCUT2D eigenvalue weighted by Gasteiger charge is -2.20. The van der Waals surface area contributed by atoms with Crippen LogP contribution in [-0.2, 0) is 9.84 Å². The zero-order chi connectivity index (χ0) is 11.9. The Labute approximate surface area is 94.0 Å². The molecule has 0 saturated heterocycles. The number of sulfone groups is 1. The highest BCUT2D eigenvalue weighted by atomic mass is 32.2. The first-order chi connectivity index (χ1) is 6.85. The van der Waals surface area contributed by atoms with Crippen LogP contribution in [0.4, 0.5) is 0 Å². The number of nitrogens with one attached hydrogen (secondary N) is 1. The van der Waals surface area contributed by atoms with E-state index < -0.39 is 9.84 Å². The van der Waals surface area contributed by atoms with E-state index in [-0.39, 0.29) is 5.75 Å². The number of hydrogen-bond acceptors (Lipinski definition) is 4. The predicted molar refractivity (Wildman–Crippen MR) is 64.9 cm³/mol. The topological polar surface area (TPSA) is 49.4 Å². The van der Waals surface area contributed by atoms with Crippen molar-refractivity contribution in [2.45, 2.75) is 13.3 Å². The second kappa shape index (κ2) is 7.19. The van der Waals surface area contributed by atoms with Gasteiger partial charge in [0.2, 0.25) is 0 Å². The third-order valence-electron chi connectivity index (χ3n) is 2.23. The van der Waals surface area contributed by atoms with Crippen molar-refractivity contribution in [3.8, 4) is 0 Å². The average Bonchev–Trinajstić information content (AvgIpc) is 2.01. The Hall–Kier alpha value is -0.130. The van der Waals surface area contributed by atoms with Crippen molar-refractivity contribution in [3.63, 3.8) is 0 Å². The van der Waals surface area contributed by atoms with Crippen molar-refractivity contribution in [2.24, 2.45) is 5.92 Å². The number of rotatable bonds is 8. The van der Waals surface area contributed by atoms with Gasteiger partial charge in [-0.25, -0.2) is 8.42 Å². The molecule has 0 saturated carbocycles. The smallest absolute Gasteiger partial charge is 0.147 e. The summed E-state index contributed by atoms with van der Waals surface area (Å²) in [6.07, 6.45) is 2.01. The van der Waals surface area contributed by atoms with Gasteiger partial charge >= 0.3 is 0 Å². The monoisotopic (exact) mass is 236 g/mol. The van der Waals surface area contributed by atoms with Crippen LogP contribution in [0, 0.1) is 5.92 Å². The van der Waals surface area contributed by atoms with E-state index in [0.717, 1.165) is 26.1 Å². The molecule has 0 aliphatic rings. The molecule has 0 aliphatic heterocycles. The van der Waals surface area contributed by atoms with Crippen LogP contribution in [0.3, 0.4) is 0 Å². The standard InChI is InChI=1S/C10H24N2O2S/c1-10(8-11-2)9-12(3)6-5-7-15(4,13)14/h10-11H,5-9H2,1-4H3. The highest BCUT2D eigenvalue weighted by Crippen LogP contribution is 1.98. The van der Waals surface area contributed by atoms with Crippen molar-refractivity contribution >= 4 is 9.84 Å². The maximum atomic E-state index is 10.9. The molecule has 1 unspecified atom stereocenters. The van der Waals surface area contributed by atoms with Crippen LogP contribution in [0.5, 0.6) is 0 Å². The molecule has 0 radical (unpaired) electrons. The first kappa shape index (κ1) is 14.9. The van der Waals surface area contributed by atoms with E-state index >= 15 is 0 Å². The maximum Gasteiger partial charge on any atom is 0.147 e. The van der Waals surface area contributed by atoms with Crippen LogP contribution in [0.1, 0.15) is 13.3 Å². The molecule has 0 bridgehead atoms.